The summed E-state index contributed by atoms with van der Waals surface area (Å²) in [4.78, 5) is 2.63. The molecule has 13 heavy (non-hydrogen) atoms. The van der Waals surface area contributed by atoms with Crippen molar-refractivity contribution in [1.29, 1.82) is 0 Å². The van der Waals surface area contributed by atoms with Crippen LogP contribution in [-0.2, 0) is 4.74 Å². The SMILES string of the molecule is CC.COCC1CCN(C2CC2)C1. The summed E-state index contributed by atoms with van der Waals surface area (Å²) in [6.07, 6.45) is 4.24. The maximum atomic E-state index is 5.15. The molecule has 1 saturated carbocycles. The van der Waals surface area contributed by atoms with Crippen LogP contribution >= 0.6 is 0 Å². The molecule has 0 aromatic carbocycles. The molecule has 1 saturated heterocycles. The van der Waals surface area contributed by atoms with Crippen molar-refractivity contribution in [2.45, 2.75) is 39.2 Å². The first kappa shape index (κ1) is 11.0. The largest absolute Gasteiger partial charge is 0.384 e. The Morgan fingerprint density at radius 2 is 1.92 bits per heavy atom. The Bertz CT molecular complexity index is 134. The lowest BCUT2D eigenvalue weighted by atomic mass is 10.1. The van der Waals surface area contributed by atoms with Gasteiger partial charge in [0.05, 0.1) is 6.61 Å². The summed E-state index contributed by atoms with van der Waals surface area (Å²) < 4.78 is 5.15. The van der Waals surface area contributed by atoms with Gasteiger partial charge in [0.25, 0.3) is 0 Å². The minimum atomic E-state index is 0.820. The maximum absolute atomic E-state index is 5.15. The monoisotopic (exact) mass is 185 g/mol. The van der Waals surface area contributed by atoms with Crippen LogP contribution in [0.3, 0.4) is 0 Å². The van der Waals surface area contributed by atoms with Gasteiger partial charge in [-0.15, -0.1) is 0 Å². The number of nitrogens with zero attached hydrogens (tertiary/aromatic N) is 1. The minimum Gasteiger partial charge on any atom is -0.384 e. The Balaban J connectivity index is 0.000000396. The van der Waals surface area contributed by atoms with Gasteiger partial charge in [-0.3, -0.25) is 0 Å². The van der Waals surface area contributed by atoms with Crippen LogP contribution in [0.2, 0.25) is 0 Å². The van der Waals surface area contributed by atoms with Gasteiger partial charge in [0.15, 0.2) is 0 Å². The van der Waals surface area contributed by atoms with Crippen LogP contribution in [0, 0.1) is 5.92 Å². The third-order valence-electron chi connectivity index (χ3n) is 2.78. The van der Waals surface area contributed by atoms with Gasteiger partial charge in [0, 0.05) is 19.7 Å². The van der Waals surface area contributed by atoms with E-state index in [0.29, 0.717) is 0 Å². The number of methoxy groups -OCH3 is 1. The van der Waals surface area contributed by atoms with Crippen molar-refractivity contribution in [2.24, 2.45) is 5.92 Å². The van der Waals surface area contributed by atoms with Crippen molar-refractivity contribution in [3.63, 3.8) is 0 Å². The van der Waals surface area contributed by atoms with Gasteiger partial charge in [-0.05, 0) is 31.7 Å². The fourth-order valence-corrected chi connectivity index (χ4v) is 2.01. The number of hydrogen-bond donors (Lipinski definition) is 0. The molecule has 1 aliphatic carbocycles. The van der Waals surface area contributed by atoms with E-state index in [9.17, 15) is 0 Å². The molecular weight excluding hydrogens is 162 g/mol. The lowest BCUT2D eigenvalue weighted by Gasteiger charge is -2.13. The Hall–Kier alpha value is -0.0800. The van der Waals surface area contributed by atoms with Crippen molar-refractivity contribution < 1.29 is 4.74 Å². The molecule has 78 valence electrons. The lowest BCUT2D eigenvalue weighted by Crippen LogP contribution is -2.23. The molecule has 0 bridgehead atoms. The van der Waals surface area contributed by atoms with Gasteiger partial charge in [-0.2, -0.15) is 0 Å². The number of ether oxygens (including phenoxy) is 1. The zero-order valence-corrected chi connectivity index (χ0v) is 9.25. The first-order chi connectivity index (χ1) is 6.40. The van der Waals surface area contributed by atoms with Crippen LogP contribution < -0.4 is 0 Å². The molecule has 2 rings (SSSR count). The first-order valence-corrected chi connectivity index (χ1v) is 5.63. The van der Waals surface area contributed by atoms with E-state index in [4.69, 9.17) is 4.74 Å². The van der Waals surface area contributed by atoms with E-state index in [2.05, 4.69) is 4.90 Å². The molecule has 0 spiro atoms. The van der Waals surface area contributed by atoms with Gasteiger partial charge in [0.1, 0.15) is 0 Å². The Labute approximate surface area is 82.3 Å². The molecule has 0 amide bonds. The lowest BCUT2D eigenvalue weighted by molar-refractivity contribution is 0.152. The standard InChI is InChI=1S/C9H17NO.C2H6/c1-11-7-8-4-5-10(6-8)9-2-3-9;1-2/h8-9H,2-7H2,1H3;1-2H3. The minimum absolute atomic E-state index is 0.820. The van der Waals surface area contributed by atoms with Crippen LogP contribution in [0.25, 0.3) is 0 Å². The summed E-state index contributed by atoms with van der Waals surface area (Å²) >= 11 is 0. The summed E-state index contributed by atoms with van der Waals surface area (Å²) in [6.45, 7) is 7.57. The van der Waals surface area contributed by atoms with Gasteiger partial charge in [0.2, 0.25) is 0 Å². The molecule has 1 heterocycles. The van der Waals surface area contributed by atoms with E-state index in [1.54, 1.807) is 7.11 Å². The second-order valence-corrected chi connectivity index (χ2v) is 3.84. The Morgan fingerprint density at radius 1 is 1.23 bits per heavy atom. The predicted octanol–water partition coefficient (Wildman–Crippen LogP) is 2.14. The van der Waals surface area contributed by atoms with E-state index in [1.807, 2.05) is 13.8 Å². The quantitative estimate of drug-likeness (QED) is 0.668. The zero-order chi connectivity index (χ0) is 9.68. The highest BCUT2D eigenvalue weighted by Gasteiger charge is 2.33. The van der Waals surface area contributed by atoms with Gasteiger partial charge < -0.3 is 9.64 Å². The van der Waals surface area contributed by atoms with E-state index < -0.39 is 0 Å². The summed E-state index contributed by atoms with van der Waals surface area (Å²) in [5.41, 5.74) is 0. The van der Waals surface area contributed by atoms with Crippen LogP contribution in [0.1, 0.15) is 33.1 Å². The topological polar surface area (TPSA) is 12.5 Å². The number of rotatable bonds is 3. The van der Waals surface area contributed by atoms with Crippen molar-refractivity contribution in [1.82, 2.24) is 4.90 Å². The smallest absolute Gasteiger partial charge is 0.0503 e. The molecule has 0 aromatic rings. The third kappa shape index (κ3) is 3.28. The predicted molar refractivity (Wildman–Crippen MR) is 55.9 cm³/mol. The molecule has 1 aliphatic heterocycles. The highest BCUT2D eigenvalue weighted by atomic mass is 16.5. The van der Waals surface area contributed by atoms with Crippen molar-refractivity contribution >= 4 is 0 Å². The van der Waals surface area contributed by atoms with Crippen molar-refractivity contribution in [3.8, 4) is 0 Å². The molecule has 2 heteroatoms. The molecular formula is C11H23NO. The van der Waals surface area contributed by atoms with Gasteiger partial charge in [-0.25, -0.2) is 0 Å². The zero-order valence-electron chi connectivity index (χ0n) is 9.25. The highest BCUT2D eigenvalue weighted by molar-refractivity contribution is 4.89. The average Bonchev–Trinajstić information content (AvgIpc) is 2.92. The molecule has 0 N–H and O–H groups in total. The maximum Gasteiger partial charge on any atom is 0.0503 e. The van der Waals surface area contributed by atoms with E-state index in [1.165, 1.54) is 32.4 Å². The summed E-state index contributed by atoms with van der Waals surface area (Å²) in [6, 6.07) is 0.955. The average molecular weight is 185 g/mol. The first-order valence-electron chi connectivity index (χ1n) is 5.63. The van der Waals surface area contributed by atoms with Crippen LogP contribution in [0.4, 0.5) is 0 Å². The van der Waals surface area contributed by atoms with Crippen molar-refractivity contribution in [2.75, 3.05) is 26.8 Å². The van der Waals surface area contributed by atoms with Crippen molar-refractivity contribution in [3.05, 3.63) is 0 Å². The second-order valence-electron chi connectivity index (χ2n) is 3.84. The molecule has 1 atom stereocenters. The molecule has 0 radical (unpaired) electrons. The highest BCUT2D eigenvalue weighted by Crippen LogP contribution is 2.31. The third-order valence-corrected chi connectivity index (χ3v) is 2.78. The molecule has 2 aliphatic rings. The number of hydrogen-bond acceptors (Lipinski definition) is 2. The van der Waals surface area contributed by atoms with E-state index >= 15 is 0 Å². The van der Waals surface area contributed by atoms with Crippen LogP contribution in [0.15, 0.2) is 0 Å². The van der Waals surface area contributed by atoms with Gasteiger partial charge >= 0.3 is 0 Å². The number of likely N-dealkylation sites (tertiary alicyclic amines) is 1. The summed E-state index contributed by atoms with van der Waals surface area (Å²) in [5.74, 6) is 0.820. The summed E-state index contributed by atoms with van der Waals surface area (Å²) in [5, 5.41) is 0. The van der Waals surface area contributed by atoms with Crippen LogP contribution in [-0.4, -0.2) is 37.7 Å². The molecule has 2 fully saturated rings. The fourth-order valence-electron chi connectivity index (χ4n) is 2.01. The van der Waals surface area contributed by atoms with E-state index in [-0.39, 0.29) is 0 Å². The van der Waals surface area contributed by atoms with Gasteiger partial charge in [-0.1, -0.05) is 13.8 Å². The second kappa shape index (κ2) is 5.61. The summed E-state index contributed by atoms with van der Waals surface area (Å²) in [7, 11) is 1.81. The normalized spacial score (nSPS) is 28.4. The van der Waals surface area contributed by atoms with E-state index in [0.717, 1.165) is 18.6 Å². The Kier molecular flexibility index (Phi) is 4.74. The molecule has 1 unspecified atom stereocenters. The van der Waals surface area contributed by atoms with Crippen LogP contribution in [0.5, 0.6) is 0 Å². The Morgan fingerprint density at radius 3 is 2.46 bits per heavy atom. The fraction of sp³-hybridized carbons (Fsp3) is 1.00. The molecule has 2 nitrogen and oxygen atoms in total. The molecule has 0 aromatic heterocycles.